The van der Waals surface area contributed by atoms with Crippen LogP contribution in [-0.2, 0) is 4.74 Å². The highest BCUT2D eigenvalue weighted by Gasteiger charge is 2.08. The van der Waals surface area contributed by atoms with E-state index in [-0.39, 0.29) is 6.09 Å². The summed E-state index contributed by atoms with van der Waals surface area (Å²) in [6.45, 7) is 2.16. The molecule has 1 heterocycles. The molecular weight excluding hydrogens is 144 g/mol. The predicted octanol–water partition coefficient (Wildman–Crippen LogP) is 0.990. The molecular formula is C7H10N2O2. The van der Waals surface area contributed by atoms with Gasteiger partial charge in [-0.2, -0.15) is 0 Å². The molecule has 4 heteroatoms. The molecule has 1 amide bonds. The number of hydrogen-bond donors (Lipinski definition) is 1. The van der Waals surface area contributed by atoms with Gasteiger partial charge in [0.1, 0.15) is 0 Å². The lowest BCUT2D eigenvalue weighted by molar-refractivity contribution is 0.133. The zero-order valence-corrected chi connectivity index (χ0v) is 6.28. The average Bonchev–Trinajstić information content (AvgIpc) is 2.07. The van der Waals surface area contributed by atoms with Crippen molar-refractivity contribution in [2.24, 2.45) is 0 Å². The molecule has 1 aliphatic heterocycles. The van der Waals surface area contributed by atoms with Crippen LogP contribution in [0, 0.1) is 0 Å². The Balaban J connectivity index is 2.45. The number of amides is 1. The van der Waals surface area contributed by atoms with Gasteiger partial charge in [-0.15, -0.1) is 0 Å². The maximum absolute atomic E-state index is 11.0. The molecule has 0 spiro atoms. The Morgan fingerprint density at radius 2 is 2.18 bits per heavy atom. The molecule has 0 aromatic rings. The SMILES string of the molecule is CCOC(=O)N1C=CNC=C1. The molecule has 0 aromatic carbocycles. The summed E-state index contributed by atoms with van der Waals surface area (Å²) in [5, 5.41) is 2.80. The van der Waals surface area contributed by atoms with Gasteiger partial charge >= 0.3 is 6.09 Å². The number of nitrogens with zero attached hydrogens (tertiary/aromatic N) is 1. The van der Waals surface area contributed by atoms with E-state index in [9.17, 15) is 4.79 Å². The van der Waals surface area contributed by atoms with E-state index in [2.05, 4.69) is 5.32 Å². The van der Waals surface area contributed by atoms with Crippen LogP contribution in [0.5, 0.6) is 0 Å². The summed E-state index contributed by atoms with van der Waals surface area (Å²) in [5.74, 6) is 0. The van der Waals surface area contributed by atoms with Crippen LogP contribution in [0.1, 0.15) is 6.92 Å². The van der Waals surface area contributed by atoms with E-state index in [1.54, 1.807) is 31.7 Å². The van der Waals surface area contributed by atoms with Gasteiger partial charge in [0.05, 0.1) is 6.61 Å². The second-order valence-corrected chi connectivity index (χ2v) is 1.90. The molecule has 60 valence electrons. The Labute approximate surface area is 65.1 Å². The zero-order chi connectivity index (χ0) is 8.10. The van der Waals surface area contributed by atoms with Gasteiger partial charge in [-0.25, -0.2) is 4.79 Å². The highest BCUT2D eigenvalue weighted by Crippen LogP contribution is 1.98. The fraction of sp³-hybridized carbons (Fsp3) is 0.286. The summed E-state index contributed by atoms with van der Waals surface area (Å²) in [7, 11) is 0. The standard InChI is InChI=1S/C7H10N2O2/c1-2-11-7(10)9-5-3-8-4-6-9/h3-6,8H,2H2,1H3. The summed E-state index contributed by atoms with van der Waals surface area (Å²) < 4.78 is 4.74. The van der Waals surface area contributed by atoms with Crippen LogP contribution in [0.2, 0.25) is 0 Å². The third kappa shape index (κ3) is 2.00. The van der Waals surface area contributed by atoms with Crippen molar-refractivity contribution in [1.29, 1.82) is 0 Å². The van der Waals surface area contributed by atoms with Gasteiger partial charge in [0.25, 0.3) is 0 Å². The third-order valence-electron chi connectivity index (χ3n) is 1.14. The van der Waals surface area contributed by atoms with E-state index in [0.717, 1.165) is 0 Å². The first-order valence-electron chi connectivity index (χ1n) is 3.39. The zero-order valence-electron chi connectivity index (χ0n) is 6.28. The average molecular weight is 154 g/mol. The van der Waals surface area contributed by atoms with Gasteiger partial charge in [0.15, 0.2) is 0 Å². The lowest BCUT2D eigenvalue weighted by Crippen LogP contribution is -2.24. The van der Waals surface area contributed by atoms with Crippen molar-refractivity contribution in [3.63, 3.8) is 0 Å². The molecule has 0 aliphatic carbocycles. The molecule has 1 rings (SSSR count). The normalized spacial score (nSPS) is 14.5. The molecule has 1 N–H and O–H groups in total. The van der Waals surface area contributed by atoms with Crippen molar-refractivity contribution in [2.75, 3.05) is 6.61 Å². The Bertz CT molecular complexity index is 187. The number of hydrogen-bond acceptors (Lipinski definition) is 3. The summed E-state index contributed by atoms with van der Waals surface area (Å²) in [4.78, 5) is 12.3. The number of carbonyl (C=O) groups excluding carboxylic acids is 1. The van der Waals surface area contributed by atoms with E-state index in [1.165, 1.54) is 4.90 Å². The van der Waals surface area contributed by atoms with Crippen molar-refractivity contribution in [1.82, 2.24) is 10.2 Å². The Morgan fingerprint density at radius 1 is 1.55 bits per heavy atom. The van der Waals surface area contributed by atoms with E-state index in [1.807, 2.05) is 0 Å². The minimum absolute atomic E-state index is 0.360. The van der Waals surface area contributed by atoms with E-state index >= 15 is 0 Å². The Kier molecular flexibility index (Phi) is 2.54. The highest BCUT2D eigenvalue weighted by atomic mass is 16.5. The quantitative estimate of drug-likeness (QED) is 0.612. The molecule has 0 atom stereocenters. The number of rotatable bonds is 1. The van der Waals surface area contributed by atoms with Crippen LogP contribution >= 0.6 is 0 Å². The molecule has 0 saturated heterocycles. The summed E-state index contributed by atoms with van der Waals surface area (Å²) >= 11 is 0. The van der Waals surface area contributed by atoms with Gasteiger partial charge in [0, 0.05) is 24.8 Å². The molecule has 0 saturated carbocycles. The first-order chi connectivity index (χ1) is 5.34. The van der Waals surface area contributed by atoms with Crippen molar-refractivity contribution >= 4 is 6.09 Å². The molecule has 0 unspecified atom stereocenters. The van der Waals surface area contributed by atoms with Crippen LogP contribution in [0.15, 0.2) is 24.8 Å². The lowest BCUT2D eigenvalue weighted by Gasteiger charge is -2.14. The number of ether oxygens (including phenoxy) is 1. The lowest BCUT2D eigenvalue weighted by atomic mass is 10.6. The maximum atomic E-state index is 11.0. The fourth-order valence-electron chi connectivity index (χ4n) is 0.672. The van der Waals surface area contributed by atoms with Crippen molar-refractivity contribution in [3.05, 3.63) is 24.8 Å². The van der Waals surface area contributed by atoms with Crippen LogP contribution in [0.3, 0.4) is 0 Å². The Morgan fingerprint density at radius 3 is 2.73 bits per heavy atom. The highest BCUT2D eigenvalue weighted by molar-refractivity contribution is 5.70. The first kappa shape index (κ1) is 7.65. The second-order valence-electron chi connectivity index (χ2n) is 1.90. The van der Waals surface area contributed by atoms with E-state index in [4.69, 9.17) is 4.74 Å². The van der Waals surface area contributed by atoms with Crippen molar-refractivity contribution in [3.8, 4) is 0 Å². The topological polar surface area (TPSA) is 41.6 Å². The van der Waals surface area contributed by atoms with Crippen LogP contribution in [0.25, 0.3) is 0 Å². The maximum Gasteiger partial charge on any atom is 0.418 e. The Hall–Kier alpha value is -1.45. The van der Waals surface area contributed by atoms with Crippen molar-refractivity contribution in [2.45, 2.75) is 6.92 Å². The van der Waals surface area contributed by atoms with E-state index in [0.29, 0.717) is 6.61 Å². The van der Waals surface area contributed by atoms with Gasteiger partial charge in [-0.1, -0.05) is 0 Å². The van der Waals surface area contributed by atoms with Gasteiger partial charge in [-0.3, -0.25) is 4.90 Å². The molecule has 1 aliphatic rings. The molecule has 0 bridgehead atoms. The largest absolute Gasteiger partial charge is 0.449 e. The fourth-order valence-corrected chi connectivity index (χ4v) is 0.672. The second kappa shape index (κ2) is 3.65. The van der Waals surface area contributed by atoms with Crippen LogP contribution < -0.4 is 5.32 Å². The monoisotopic (exact) mass is 154 g/mol. The minimum atomic E-state index is -0.360. The van der Waals surface area contributed by atoms with Gasteiger partial charge < -0.3 is 10.1 Å². The number of nitrogens with one attached hydrogen (secondary N) is 1. The molecule has 0 fully saturated rings. The van der Waals surface area contributed by atoms with Crippen LogP contribution in [0.4, 0.5) is 4.79 Å². The predicted molar refractivity (Wildman–Crippen MR) is 40.3 cm³/mol. The smallest absolute Gasteiger partial charge is 0.418 e. The molecule has 0 aromatic heterocycles. The van der Waals surface area contributed by atoms with Gasteiger partial charge in [-0.05, 0) is 6.92 Å². The van der Waals surface area contributed by atoms with Crippen LogP contribution in [-0.4, -0.2) is 17.6 Å². The van der Waals surface area contributed by atoms with E-state index < -0.39 is 0 Å². The minimum Gasteiger partial charge on any atom is -0.449 e. The summed E-state index contributed by atoms with van der Waals surface area (Å²) in [5.41, 5.74) is 0. The molecule has 4 nitrogen and oxygen atoms in total. The van der Waals surface area contributed by atoms with Crippen molar-refractivity contribution < 1.29 is 9.53 Å². The summed E-state index contributed by atoms with van der Waals surface area (Å²) in [6, 6.07) is 0. The first-order valence-corrected chi connectivity index (χ1v) is 3.39. The third-order valence-corrected chi connectivity index (χ3v) is 1.14. The summed E-state index contributed by atoms with van der Waals surface area (Å²) in [6.07, 6.45) is 6.13. The van der Waals surface area contributed by atoms with Gasteiger partial charge in [0.2, 0.25) is 0 Å². The molecule has 0 radical (unpaired) electrons. The molecule has 11 heavy (non-hydrogen) atoms. The number of carbonyl (C=O) groups is 1.